The van der Waals surface area contributed by atoms with Crippen molar-refractivity contribution in [3.8, 4) is 5.75 Å². The normalized spacial score (nSPS) is 10.6. The summed E-state index contributed by atoms with van der Waals surface area (Å²) < 4.78 is 5.23. The molecule has 0 aromatic heterocycles. The first-order valence-electron chi connectivity index (χ1n) is 5.38. The summed E-state index contributed by atoms with van der Waals surface area (Å²) in [4.78, 5) is 11.4. The van der Waals surface area contributed by atoms with Gasteiger partial charge in [-0.15, -0.1) is 0 Å². The van der Waals surface area contributed by atoms with Crippen LogP contribution in [0.15, 0.2) is 54.7 Å². The molecule has 3 heteroatoms. The van der Waals surface area contributed by atoms with Gasteiger partial charge in [0, 0.05) is 11.6 Å². The summed E-state index contributed by atoms with van der Waals surface area (Å²) in [5.41, 5.74) is 0. The third-order valence-corrected chi connectivity index (χ3v) is 2.32. The van der Waals surface area contributed by atoms with Crippen LogP contribution in [0, 0.1) is 0 Å². The number of hydrogen-bond acceptors (Lipinski definition) is 2. The lowest BCUT2D eigenvalue weighted by molar-refractivity contribution is 0.205. The van der Waals surface area contributed by atoms with Gasteiger partial charge in [-0.3, -0.25) is 5.32 Å². The van der Waals surface area contributed by atoms with E-state index in [2.05, 4.69) is 5.32 Å². The Balaban J connectivity index is 2.27. The average Bonchev–Trinajstić information content (AvgIpc) is 2.37. The number of benzene rings is 2. The fraction of sp³-hybridized carbons (Fsp3) is 0.0714. The molecule has 0 unspecified atom stereocenters. The number of carbonyl (C=O) groups excluding carboxylic acids is 1. The summed E-state index contributed by atoms with van der Waals surface area (Å²) in [5.74, 6) is 0.560. The lowest BCUT2D eigenvalue weighted by atomic mass is 10.1. The van der Waals surface area contributed by atoms with E-state index in [0.29, 0.717) is 5.75 Å². The molecule has 0 heterocycles. The Hall–Kier alpha value is -2.29. The monoisotopic (exact) mass is 227 g/mol. The number of rotatable bonds is 2. The first-order valence-corrected chi connectivity index (χ1v) is 5.38. The molecule has 2 rings (SSSR count). The number of ether oxygens (including phenoxy) is 1. The molecule has 17 heavy (non-hydrogen) atoms. The summed E-state index contributed by atoms with van der Waals surface area (Å²) in [7, 11) is 0. The van der Waals surface area contributed by atoms with Gasteiger partial charge in [-0.1, -0.05) is 42.5 Å². The van der Waals surface area contributed by atoms with Crippen molar-refractivity contribution in [3.05, 3.63) is 54.7 Å². The van der Waals surface area contributed by atoms with Crippen molar-refractivity contribution in [2.45, 2.75) is 6.92 Å². The maximum Gasteiger partial charge on any atom is 0.416 e. The molecule has 0 aliphatic rings. The number of allylic oxidation sites excluding steroid dienone is 1. The Kier molecular flexibility index (Phi) is 3.40. The summed E-state index contributed by atoms with van der Waals surface area (Å²) in [6.07, 6.45) is 2.78. The predicted molar refractivity (Wildman–Crippen MR) is 67.9 cm³/mol. The van der Waals surface area contributed by atoms with Crippen molar-refractivity contribution < 1.29 is 9.53 Å². The zero-order chi connectivity index (χ0) is 12.1. The van der Waals surface area contributed by atoms with E-state index in [4.69, 9.17) is 4.74 Å². The number of hydrogen-bond donors (Lipinski definition) is 1. The molecule has 0 fully saturated rings. The van der Waals surface area contributed by atoms with Crippen LogP contribution in [0.4, 0.5) is 4.79 Å². The molecule has 0 bridgehead atoms. The fourth-order valence-electron chi connectivity index (χ4n) is 1.57. The van der Waals surface area contributed by atoms with E-state index in [1.54, 1.807) is 12.1 Å². The molecule has 0 spiro atoms. The molecular weight excluding hydrogens is 214 g/mol. The largest absolute Gasteiger partial charge is 0.416 e. The maximum absolute atomic E-state index is 11.4. The highest BCUT2D eigenvalue weighted by Crippen LogP contribution is 2.24. The summed E-state index contributed by atoms with van der Waals surface area (Å²) in [5, 5.41) is 4.47. The van der Waals surface area contributed by atoms with Crippen LogP contribution in [0.3, 0.4) is 0 Å². The van der Waals surface area contributed by atoms with Crippen molar-refractivity contribution >= 4 is 16.9 Å². The van der Waals surface area contributed by atoms with Gasteiger partial charge < -0.3 is 4.74 Å². The lowest BCUT2D eigenvalue weighted by Gasteiger charge is -2.06. The average molecular weight is 227 g/mol. The van der Waals surface area contributed by atoms with E-state index in [0.717, 1.165) is 10.8 Å². The van der Waals surface area contributed by atoms with Crippen molar-refractivity contribution in [1.29, 1.82) is 0 Å². The highest BCUT2D eigenvalue weighted by Gasteiger charge is 2.05. The molecule has 0 atom stereocenters. The molecule has 0 saturated carbocycles. The second kappa shape index (κ2) is 5.16. The van der Waals surface area contributed by atoms with Crippen molar-refractivity contribution in [1.82, 2.24) is 5.32 Å². The predicted octanol–water partition coefficient (Wildman–Crippen LogP) is 3.46. The molecule has 2 aromatic carbocycles. The van der Waals surface area contributed by atoms with Crippen LogP contribution in [0.5, 0.6) is 5.75 Å². The molecule has 0 aliphatic carbocycles. The molecule has 1 N–H and O–H groups in total. The lowest BCUT2D eigenvalue weighted by Crippen LogP contribution is -2.21. The molecule has 3 nitrogen and oxygen atoms in total. The van der Waals surface area contributed by atoms with Gasteiger partial charge in [-0.25, -0.2) is 4.79 Å². The topological polar surface area (TPSA) is 38.3 Å². The molecular formula is C14H13NO2. The van der Waals surface area contributed by atoms with E-state index < -0.39 is 6.09 Å². The minimum atomic E-state index is -0.487. The summed E-state index contributed by atoms with van der Waals surface area (Å²) in [6.45, 7) is 1.82. The Morgan fingerprint density at radius 3 is 2.76 bits per heavy atom. The second-order valence-electron chi connectivity index (χ2n) is 3.51. The Labute approximate surface area is 99.7 Å². The molecule has 0 saturated heterocycles. The quantitative estimate of drug-likeness (QED) is 0.853. The highest BCUT2D eigenvalue weighted by molar-refractivity contribution is 5.90. The van der Waals surface area contributed by atoms with E-state index in [1.807, 2.05) is 43.3 Å². The number of fused-ring (bicyclic) bond motifs is 1. The third kappa shape index (κ3) is 2.64. The Morgan fingerprint density at radius 2 is 1.94 bits per heavy atom. The van der Waals surface area contributed by atoms with E-state index in [-0.39, 0.29) is 0 Å². The first kappa shape index (κ1) is 11.2. The van der Waals surface area contributed by atoms with Crippen LogP contribution in [-0.2, 0) is 0 Å². The third-order valence-electron chi connectivity index (χ3n) is 2.32. The molecule has 0 radical (unpaired) electrons. The van der Waals surface area contributed by atoms with Crippen LogP contribution in [0.1, 0.15) is 6.92 Å². The second-order valence-corrected chi connectivity index (χ2v) is 3.51. The molecule has 0 aliphatic heterocycles. The van der Waals surface area contributed by atoms with Crippen LogP contribution in [0.25, 0.3) is 10.8 Å². The number of nitrogens with one attached hydrogen (secondary N) is 1. The zero-order valence-electron chi connectivity index (χ0n) is 9.51. The van der Waals surface area contributed by atoms with Gasteiger partial charge in [0.2, 0.25) is 0 Å². The summed E-state index contributed by atoms with van der Waals surface area (Å²) in [6, 6.07) is 13.4. The molecule has 2 aromatic rings. The number of amides is 1. The number of carbonyl (C=O) groups is 1. The van der Waals surface area contributed by atoms with E-state index in [9.17, 15) is 4.79 Å². The van der Waals surface area contributed by atoms with Gasteiger partial charge in [0.15, 0.2) is 0 Å². The van der Waals surface area contributed by atoms with Gasteiger partial charge in [0.25, 0.3) is 0 Å². The Bertz CT molecular complexity index is 556. The van der Waals surface area contributed by atoms with Crippen molar-refractivity contribution in [2.24, 2.45) is 0 Å². The molecule has 86 valence electrons. The maximum atomic E-state index is 11.4. The van der Waals surface area contributed by atoms with Gasteiger partial charge in [0.1, 0.15) is 5.75 Å². The van der Waals surface area contributed by atoms with Gasteiger partial charge >= 0.3 is 6.09 Å². The van der Waals surface area contributed by atoms with Crippen LogP contribution in [-0.4, -0.2) is 6.09 Å². The van der Waals surface area contributed by atoms with Gasteiger partial charge in [-0.2, -0.15) is 0 Å². The van der Waals surface area contributed by atoms with Crippen LogP contribution in [0.2, 0.25) is 0 Å². The summed E-state index contributed by atoms with van der Waals surface area (Å²) >= 11 is 0. The fourth-order valence-corrected chi connectivity index (χ4v) is 1.57. The standard InChI is InChI=1S/C14H13NO2/c1-2-10-15-14(16)17-13-9-5-7-11-6-3-4-8-12(11)13/h2-10H,1H3,(H,15,16)/b10-2+. The minimum absolute atomic E-state index is 0.487. The van der Waals surface area contributed by atoms with Gasteiger partial charge in [0.05, 0.1) is 0 Å². The van der Waals surface area contributed by atoms with E-state index in [1.165, 1.54) is 6.20 Å². The first-order chi connectivity index (χ1) is 8.31. The van der Waals surface area contributed by atoms with Crippen LogP contribution >= 0.6 is 0 Å². The minimum Gasteiger partial charge on any atom is -0.409 e. The SMILES string of the molecule is C/C=C/NC(=O)Oc1cccc2ccccc12. The highest BCUT2D eigenvalue weighted by atomic mass is 16.6. The van der Waals surface area contributed by atoms with Crippen LogP contribution < -0.4 is 10.1 Å². The smallest absolute Gasteiger partial charge is 0.409 e. The van der Waals surface area contributed by atoms with Gasteiger partial charge in [-0.05, 0) is 18.4 Å². The van der Waals surface area contributed by atoms with Crippen molar-refractivity contribution in [2.75, 3.05) is 0 Å². The Morgan fingerprint density at radius 1 is 1.18 bits per heavy atom. The van der Waals surface area contributed by atoms with Crippen molar-refractivity contribution in [3.63, 3.8) is 0 Å². The molecule has 1 amide bonds. The van der Waals surface area contributed by atoms with E-state index >= 15 is 0 Å². The zero-order valence-corrected chi connectivity index (χ0v) is 9.51.